The molecule has 2 N–H and O–H groups in total. The largest absolute Gasteiger partial charge is 0.495 e. The molecule has 1 saturated carbocycles. The van der Waals surface area contributed by atoms with Gasteiger partial charge in [-0.25, -0.2) is 17.8 Å². The summed E-state index contributed by atoms with van der Waals surface area (Å²) in [6.07, 6.45) is 6.47. The fourth-order valence-corrected chi connectivity index (χ4v) is 5.69. The van der Waals surface area contributed by atoms with E-state index in [0.29, 0.717) is 17.1 Å². The molecule has 1 aromatic heterocycles. The second kappa shape index (κ2) is 9.23. The molecule has 1 fully saturated rings. The molecule has 178 valence electrons. The molecule has 2 aliphatic rings. The standard InChI is InChI=1S/C25H28N4O4S/c1-33-23-15-14-19(34(31,32)28-17-12-13-17)16-21(23)26-25(30)24-20-10-6-3-7-11-22(20)29(27-24)18-8-4-2-5-9-18/h2,4-5,8-9,14-17,28H,3,6-7,10-13H2,1H3,(H,26,30). The van der Waals surface area contributed by atoms with Crippen molar-refractivity contribution in [2.24, 2.45) is 0 Å². The second-order valence-electron chi connectivity index (χ2n) is 8.79. The van der Waals surface area contributed by atoms with E-state index in [4.69, 9.17) is 9.84 Å². The van der Waals surface area contributed by atoms with Crippen LogP contribution >= 0.6 is 0 Å². The summed E-state index contributed by atoms with van der Waals surface area (Å²) in [5.41, 5.74) is 3.59. The number of hydrogen-bond donors (Lipinski definition) is 2. The van der Waals surface area contributed by atoms with Crippen LogP contribution in [0, 0.1) is 0 Å². The summed E-state index contributed by atoms with van der Waals surface area (Å²) < 4.78 is 35.3. The minimum Gasteiger partial charge on any atom is -0.495 e. The van der Waals surface area contributed by atoms with E-state index < -0.39 is 10.0 Å². The van der Waals surface area contributed by atoms with Crippen molar-refractivity contribution in [1.82, 2.24) is 14.5 Å². The Morgan fingerprint density at radius 1 is 1.06 bits per heavy atom. The van der Waals surface area contributed by atoms with Gasteiger partial charge in [-0.1, -0.05) is 24.6 Å². The van der Waals surface area contributed by atoms with Gasteiger partial charge in [0, 0.05) is 17.3 Å². The number of sulfonamides is 1. The number of hydrogen-bond acceptors (Lipinski definition) is 5. The Hall–Kier alpha value is -3.17. The van der Waals surface area contributed by atoms with Gasteiger partial charge in [-0.3, -0.25) is 4.79 Å². The highest BCUT2D eigenvalue weighted by Crippen LogP contribution is 2.31. The molecule has 2 aliphatic carbocycles. The maximum absolute atomic E-state index is 13.5. The van der Waals surface area contributed by atoms with Crippen LogP contribution in [-0.2, 0) is 22.9 Å². The molecule has 2 aromatic carbocycles. The molecule has 0 unspecified atom stereocenters. The lowest BCUT2D eigenvalue weighted by atomic mass is 10.1. The van der Waals surface area contributed by atoms with Crippen molar-refractivity contribution in [3.05, 3.63) is 65.5 Å². The molecular formula is C25H28N4O4S. The van der Waals surface area contributed by atoms with E-state index in [0.717, 1.165) is 61.9 Å². The van der Waals surface area contributed by atoms with Crippen molar-refractivity contribution in [3.8, 4) is 11.4 Å². The van der Waals surface area contributed by atoms with E-state index in [2.05, 4.69) is 10.0 Å². The number of benzene rings is 2. The maximum atomic E-state index is 13.5. The van der Waals surface area contributed by atoms with Crippen LogP contribution in [0.2, 0.25) is 0 Å². The van der Waals surface area contributed by atoms with Crippen LogP contribution in [0.1, 0.15) is 53.8 Å². The van der Waals surface area contributed by atoms with Crippen LogP contribution in [-0.4, -0.2) is 37.3 Å². The van der Waals surface area contributed by atoms with Gasteiger partial charge in [-0.2, -0.15) is 5.10 Å². The Morgan fingerprint density at radius 3 is 2.56 bits per heavy atom. The quantitative estimate of drug-likeness (QED) is 0.500. The number of rotatable bonds is 7. The highest BCUT2D eigenvalue weighted by Gasteiger charge is 2.29. The topological polar surface area (TPSA) is 102 Å². The van der Waals surface area contributed by atoms with Gasteiger partial charge >= 0.3 is 0 Å². The molecule has 8 nitrogen and oxygen atoms in total. The van der Waals surface area contributed by atoms with Crippen LogP contribution < -0.4 is 14.8 Å². The summed E-state index contributed by atoms with van der Waals surface area (Å²) in [6.45, 7) is 0. The number of nitrogens with one attached hydrogen (secondary N) is 2. The highest BCUT2D eigenvalue weighted by atomic mass is 32.2. The van der Waals surface area contributed by atoms with Crippen molar-refractivity contribution in [1.29, 1.82) is 0 Å². The number of nitrogens with zero attached hydrogens (tertiary/aromatic N) is 2. The summed E-state index contributed by atoms with van der Waals surface area (Å²) in [5, 5.41) is 7.57. The molecule has 0 aliphatic heterocycles. The fourth-order valence-electron chi connectivity index (χ4n) is 4.36. The van der Waals surface area contributed by atoms with Crippen LogP contribution in [0.3, 0.4) is 0 Å². The molecule has 5 rings (SSSR count). The van der Waals surface area contributed by atoms with Gasteiger partial charge in [0.1, 0.15) is 5.75 Å². The molecule has 0 radical (unpaired) electrons. The van der Waals surface area contributed by atoms with Crippen molar-refractivity contribution < 1.29 is 17.9 Å². The van der Waals surface area contributed by atoms with Gasteiger partial charge < -0.3 is 10.1 Å². The first-order valence-electron chi connectivity index (χ1n) is 11.6. The van der Waals surface area contributed by atoms with E-state index in [1.807, 2.05) is 35.0 Å². The molecule has 0 saturated heterocycles. The zero-order valence-electron chi connectivity index (χ0n) is 19.1. The monoisotopic (exact) mass is 480 g/mol. The number of aromatic nitrogens is 2. The Bertz CT molecular complexity index is 1310. The minimum atomic E-state index is -3.67. The third-order valence-electron chi connectivity index (χ3n) is 6.27. The van der Waals surface area contributed by atoms with Crippen molar-refractivity contribution in [3.63, 3.8) is 0 Å². The Labute approximate surface area is 199 Å². The third-order valence-corrected chi connectivity index (χ3v) is 7.79. The van der Waals surface area contributed by atoms with Gasteiger partial charge in [0.05, 0.1) is 23.4 Å². The van der Waals surface area contributed by atoms with Crippen LogP contribution in [0.25, 0.3) is 5.69 Å². The number of fused-ring (bicyclic) bond motifs is 1. The smallest absolute Gasteiger partial charge is 0.276 e. The summed E-state index contributed by atoms with van der Waals surface area (Å²) in [7, 11) is -2.19. The number of amides is 1. The van der Waals surface area contributed by atoms with E-state index >= 15 is 0 Å². The average Bonchev–Trinajstić information content (AvgIpc) is 3.62. The third kappa shape index (κ3) is 4.58. The number of para-hydroxylation sites is 1. The average molecular weight is 481 g/mol. The number of anilines is 1. The van der Waals surface area contributed by atoms with Crippen molar-refractivity contribution in [2.45, 2.75) is 55.9 Å². The Kier molecular flexibility index (Phi) is 6.14. The molecule has 1 amide bonds. The van der Waals surface area contributed by atoms with Gasteiger partial charge in [0.25, 0.3) is 5.91 Å². The van der Waals surface area contributed by atoms with E-state index in [1.165, 1.54) is 19.2 Å². The number of ether oxygens (including phenoxy) is 1. The molecule has 0 spiro atoms. The zero-order valence-corrected chi connectivity index (χ0v) is 19.9. The van der Waals surface area contributed by atoms with Crippen molar-refractivity contribution in [2.75, 3.05) is 12.4 Å². The van der Waals surface area contributed by atoms with Gasteiger partial charge in [0.2, 0.25) is 10.0 Å². The summed E-state index contributed by atoms with van der Waals surface area (Å²) >= 11 is 0. The maximum Gasteiger partial charge on any atom is 0.276 e. The Balaban J connectivity index is 1.50. The fraction of sp³-hybridized carbons (Fsp3) is 0.360. The van der Waals surface area contributed by atoms with Crippen LogP contribution in [0.15, 0.2) is 53.4 Å². The van der Waals surface area contributed by atoms with Crippen LogP contribution in [0.5, 0.6) is 5.75 Å². The van der Waals surface area contributed by atoms with Gasteiger partial charge in [-0.15, -0.1) is 0 Å². The number of methoxy groups -OCH3 is 1. The lowest BCUT2D eigenvalue weighted by molar-refractivity contribution is 0.102. The number of carbonyl (C=O) groups is 1. The first-order chi connectivity index (χ1) is 16.5. The van der Waals surface area contributed by atoms with E-state index in [-0.39, 0.29) is 16.8 Å². The number of carbonyl (C=O) groups excluding carboxylic acids is 1. The summed E-state index contributed by atoms with van der Waals surface area (Å²) in [5.74, 6) is 0.00290. The first-order valence-corrected chi connectivity index (χ1v) is 13.1. The molecular weight excluding hydrogens is 452 g/mol. The second-order valence-corrected chi connectivity index (χ2v) is 10.5. The summed E-state index contributed by atoms with van der Waals surface area (Å²) in [4.78, 5) is 13.5. The lowest BCUT2D eigenvalue weighted by Crippen LogP contribution is -2.26. The van der Waals surface area contributed by atoms with Gasteiger partial charge in [-0.05, 0) is 68.9 Å². The predicted molar refractivity (Wildman–Crippen MR) is 129 cm³/mol. The minimum absolute atomic E-state index is 0.0115. The SMILES string of the molecule is COc1ccc(S(=O)(=O)NC2CC2)cc1NC(=O)c1nn(-c2ccccc2)c2c1CCCCC2. The molecule has 0 atom stereocenters. The molecule has 3 aromatic rings. The van der Waals surface area contributed by atoms with E-state index in [9.17, 15) is 13.2 Å². The molecule has 0 bridgehead atoms. The lowest BCUT2D eigenvalue weighted by Gasteiger charge is -2.13. The van der Waals surface area contributed by atoms with Crippen LogP contribution in [0.4, 0.5) is 5.69 Å². The summed E-state index contributed by atoms with van der Waals surface area (Å²) in [6, 6.07) is 14.3. The zero-order chi connectivity index (χ0) is 23.7. The van der Waals surface area contributed by atoms with E-state index in [1.54, 1.807) is 6.07 Å². The molecule has 1 heterocycles. The molecule has 9 heteroatoms. The predicted octanol–water partition coefficient (Wildman–Crippen LogP) is 3.84. The molecule has 34 heavy (non-hydrogen) atoms. The van der Waals surface area contributed by atoms with Crippen molar-refractivity contribution >= 4 is 21.6 Å². The first kappa shape index (κ1) is 22.6. The highest BCUT2D eigenvalue weighted by molar-refractivity contribution is 7.89. The Morgan fingerprint density at radius 2 is 1.82 bits per heavy atom. The normalized spacial score (nSPS) is 15.9. The van der Waals surface area contributed by atoms with Gasteiger partial charge in [0.15, 0.2) is 5.69 Å².